The minimum absolute atomic E-state index is 0.263. The third kappa shape index (κ3) is 4.06. The first-order chi connectivity index (χ1) is 13.0. The highest BCUT2D eigenvalue weighted by Crippen LogP contribution is 2.23. The van der Waals surface area contributed by atoms with E-state index in [1.807, 2.05) is 60.7 Å². The maximum Gasteiger partial charge on any atom is 0.415 e. The standard InChI is InChI=1S/C19H19N3O5/c23-17(24)16-13-21(19(26)27)18(25)22(16)20(11-14-7-3-1-4-8-14)12-15-9-5-2-6-10-15/h1-10,16H,11-13H2,(H,23,24)(H,26,27). The maximum atomic E-state index is 12.6. The summed E-state index contributed by atoms with van der Waals surface area (Å²) in [5, 5.41) is 21.4. The van der Waals surface area contributed by atoms with Crippen molar-refractivity contribution in [1.29, 1.82) is 0 Å². The third-order valence-corrected chi connectivity index (χ3v) is 4.31. The molecule has 2 aromatic rings. The maximum absolute atomic E-state index is 12.6. The highest BCUT2D eigenvalue weighted by atomic mass is 16.4. The van der Waals surface area contributed by atoms with Crippen LogP contribution in [0.2, 0.25) is 0 Å². The van der Waals surface area contributed by atoms with Crippen LogP contribution in [0.4, 0.5) is 9.59 Å². The number of rotatable bonds is 6. The Hall–Kier alpha value is -3.39. The van der Waals surface area contributed by atoms with Crippen molar-refractivity contribution in [2.75, 3.05) is 6.54 Å². The number of carbonyl (C=O) groups excluding carboxylic acids is 1. The molecule has 1 saturated heterocycles. The molecular weight excluding hydrogens is 350 g/mol. The van der Waals surface area contributed by atoms with Crippen LogP contribution in [0.25, 0.3) is 0 Å². The Kier molecular flexibility index (Phi) is 5.37. The van der Waals surface area contributed by atoms with Crippen molar-refractivity contribution in [2.24, 2.45) is 0 Å². The smallest absolute Gasteiger partial charge is 0.415 e. The molecule has 0 radical (unpaired) electrons. The Bertz CT molecular complexity index is 786. The van der Waals surface area contributed by atoms with E-state index in [0.717, 1.165) is 16.1 Å². The third-order valence-electron chi connectivity index (χ3n) is 4.31. The number of benzene rings is 2. The second-order valence-corrected chi connectivity index (χ2v) is 6.17. The van der Waals surface area contributed by atoms with E-state index in [1.54, 1.807) is 5.01 Å². The van der Waals surface area contributed by atoms with Crippen molar-refractivity contribution in [3.8, 4) is 0 Å². The summed E-state index contributed by atoms with van der Waals surface area (Å²) < 4.78 is 0. The zero-order chi connectivity index (χ0) is 19.4. The quantitative estimate of drug-likeness (QED) is 0.811. The van der Waals surface area contributed by atoms with Gasteiger partial charge in [0.1, 0.15) is 0 Å². The van der Waals surface area contributed by atoms with Crippen LogP contribution in [0.5, 0.6) is 0 Å². The average Bonchev–Trinajstić information content (AvgIpc) is 3.01. The minimum atomic E-state index is -1.46. The number of carboxylic acids is 1. The SMILES string of the molecule is O=C(O)C1CN(C(=O)O)C(=O)N1N(Cc1ccccc1)Cc1ccccc1. The van der Waals surface area contributed by atoms with Gasteiger partial charge in [0.25, 0.3) is 0 Å². The Morgan fingerprint density at radius 1 is 0.926 bits per heavy atom. The molecule has 27 heavy (non-hydrogen) atoms. The van der Waals surface area contributed by atoms with Gasteiger partial charge in [0, 0.05) is 13.1 Å². The van der Waals surface area contributed by atoms with E-state index < -0.39 is 30.7 Å². The van der Waals surface area contributed by atoms with Gasteiger partial charge in [-0.05, 0) is 11.1 Å². The van der Waals surface area contributed by atoms with Gasteiger partial charge in [-0.15, -0.1) is 0 Å². The molecule has 1 atom stereocenters. The second kappa shape index (κ2) is 7.88. The van der Waals surface area contributed by atoms with Gasteiger partial charge in [-0.3, -0.25) is 0 Å². The summed E-state index contributed by atoms with van der Waals surface area (Å²) >= 11 is 0. The lowest BCUT2D eigenvalue weighted by molar-refractivity contribution is -0.147. The normalized spacial score (nSPS) is 16.8. The van der Waals surface area contributed by atoms with Crippen LogP contribution in [-0.4, -0.2) is 55.8 Å². The molecule has 8 nitrogen and oxygen atoms in total. The number of hydrogen-bond donors (Lipinski definition) is 2. The summed E-state index contributed by atoms with van der Waals surface area (Å²) in [6.07, 6.45) is -1.46. The van der Waals surface area contributed by atoms with Crippen molar-refractivity contribution < 1.29 is 24.6 Å². The zero-order valence-corrected chi connectivity index (χ0v) is 14.4. The number of aliphatic carboxylic acids is 1. The van der Waals surface area contributed by atoms with Gasteiger partial charge in [0.05, 0.1) is 6.54 Å². The molecule has 140 valence electrons. The lowest BCUT2D eigenvalue weighted by Gasteiger charge is -2.33. The largest absolute Gasteiger partial charge is 0.480 e. The number of urea groups is 1. The Morgan fingerprint density at radius 2 is 1.41 bits per heavy atom. The topological polar surface area (TPSA) is 101 Å². The Labute approximate surface area is 155 Å². The van der Waals surface area contributed by atoms with Gasteiger partial charge >= 0.3 is 18.1 Å². The molecule has 0 aromatic heterocycles. The predicted molar refractivity (Wildman–Crippen MR) is 95.5 cm³/mol. The summed E-state index contributed by atoms with van der Waals surface area (Å²) in [6.45, 7) is 0.112. The summed E-state index contributed by atoms with van der Waals surface area (Å²) in [5.74, 6) is -1.25. The highest BCUT2D eigenvalue weighted by molar-refractivity contribution is 5.95. The molecule has 0 spiro atoms. The number of amides is 3. The van der Waals surface area contributed by atoms with Crippen LogP contribution >= 0.6 is 0 Å². The van der Waals surface area contributed by atoms with Gasteiger partial charge in [0.15, 0.2) is 6.04 Å². The van der Waals surface area contributed by atoms with Crippen molar-refractivity contribution in [3.05, 3.63) is 71.8 Å². The summed E-state index contributed by atoms with van der Waals surface area (Å²) in [5.41, 5.74) is 1.75. The molecule has 2 aromatic carbocycles. The predicted octanol–water partition coefficient (Wildman–Crippen LogP) is 2.47. The number of hydrogen-bond acceptors (Lipinski definition) is 4. The lowest BCUT2D eigenvalue weighted by atomic mass is 10.2. The van der Waals surface area contributed by atoms with Gasteiger partial charge in [0.2, 0.25) is 0 Å². The number of carbonyl (C=O) groups is 3. The molecule has 1 fully saturated rings. The van der Waals surface area contributed by atoms with Crippen molar-refractivity contribution >= 4 is 18.1 Å². The molecule has 8 heteroatoms. The summed E-state index contributed by atoms with van der Waals surface area (Å²) in [4.78, 5) is 36.2. The first-order valence-corrected chi connectivity index (χ1v) is 8.36. The van der Waals surface area contributed by atoms with Crippen LogP contribution < -0.4 is 0 Å². The fourth-order valence-corrected chi connectivity index (χ4v) is 3.04. The molecule has 1 unspecified atom stereocenters. The van der Waals surface area contributed by atoms with E-state index in [9.17, 15) is 24.6 Å². The fraction of sp³-hybridized carbons (Fsp3) is 0.211. The first kappa shape index (κ1) is 18.4. The van der Waals surface area contributed by atoms with E-state index in [2.05, 4.69) is 0 Å². The monoisotopic (exact) mass is 369 g/mol. The average molecular weight is 369 g/mol. The van der Waals surface area contributed by atoms with Crippen LogP contribution in [0, 0.1) is 0 Å². The van der Waals surface area contributed by atoms with Gasteiger partial charge in [-0.2, -0.15) is 0 Å². The molecular formula is C19H19N3O5. The molecule has 3 amide bonds. The van der Waals surface area contributed by atoms with Crippen LogP contribution in [0.15, 0.2) is 60.7 Å². The second-order valence-electron chi connectivity index (χ2n) is 6.17. The van der Waals surface area contributed by atoms with Crippen molar-refractivity contribution in [2.45, 2.75) is 19.1 Å². The molecule has 1 aliphatic rings. The van der Waals surface area contributed by atoms with Gasteiger partial charge < -0.3 is 10.2 Å². The summed E-state index contributed by atoms with van der Waals surface area (Å²) in [7, 11) is 0. The number of carboxylic acid groups (broad SMARTS) is 2. The molecule has 2 N–H and O–H groups in total. The molecule has 0 bridgehead atoms. The van der Waals surface area contributed by atoms with E-state index in [1.165, 1.54) is 0 Å². The number of imide groups is 1. The van der Waals surface area contributed by atoms with E-state index in [4.69, 9.17) is 0 Å². The zero-order valence-electron chi connectivity index (χ0n) is 14.4. The molecule has 1 aliphatic heterocycles. The van der Waals surface area contributed by atoms with Gasteiger partial charge in [-0.25, -0.2) is 29.3 Å². The fourth-order valence-electron chi connectivity index (χ4n) is 3.04. The van der Waals surface area contributed by atoms with Crippen molar-refractivity contribution in [3.63, 3.8) is 0 Å². The van der Waals surface area contributed by atoms with E-state index in [-0.39, 0.29) is 13.1 Å². The molecule has 0 aliphatic carbocycles. The van der Waals surface area contributed by atoms with E-state index >= 15 is 0 Å². The highest BCUT2D eigenvalue weighted by Gasteiger charge is 2.47. The molecule has 0 saturated carbocycles. The van der Waals surface area contributed by atoms with Gasteiger partial charge in [-0.1, -0.05) is 60.7 Å². The van der Waals surface area contributed by atoms with Crippen LogP contribution in [-0.2, 0) is 17.9 Å². The van der Waals surface area contributed by atoms with E-state index in [0.29, 0.717) is 4.90 Å². The summed E-state index contributed by atoms with van der Waals surface area (Å²) in [6, 6.07) is 16.4. The van der Waals surface area contributed by atoms with Crippen molar-refractivity contribution in [1.82, 2.24) is 14.9 Å². The lowest BCUT2D eigenvalue weighted by Crippen LogP contribution is -2.50. The van der Waals surface area contributed by atoms with Crippen LogP contribution in [0.3, 0.4) is 0 Å². The minimum Gasteiger partial charge on any atom is -0.480 e. The molecule has 1 heterocycles. The Balaban J connectivity index is 1.95. The number of hydrazine groups is 1. The van der Waals surface area contributed by atoms with Crippen LogP contribution in [0.1, 0.15) is 11.1 Å². The first-order valence-electron chi connectivity index (χ1n) is 8.36. The molecule has 3 rings (SSSR count). The number of nitrogens with zero attached hydrogens (tertiary/aromatic N) is 3. The Morgan fingerprint density at radius 3 is 1.81 bits per heavy atom.